The molecule has 0 amide bonds. The number of nitrogens with two attached hydrogens (primary N) is 1. The first-order valence-electron chi connectivity index (χ1n) is 7.79. The normalized spacial score (nSPS) is 20.9. The number of esters is 1. The summed E-state index contributed by atoms with van der Waals surface area (Å²) in [6.45, 7) is 10.5. The van der Waals surface area contributed by atoms with Crippen LogP contribution >= 0.6 is 0 Å². The number of carbonyl (C=O) groups is 1. The van der Waals surface area contributed by atoms with E-state index in [1.165, 1.54) is 25.9 Å². The first-order chi connectivity index (χ1) is 9.40. The number of piperidine rings is 1. The molecule has 0 aromatic heterocycles. The van der Waals surface area contributed by atoms with Gasteiger partial charge in [-0.1, -0.05) is 6.92 Å². The summed E-state index contributed by atoms with van der Waals surface area (Å²) < 4.78 is 5.02. The first-order valence-corrected chi connectivity index (χ1v) is 7.79. The summed E-state index contributed by atoms with van der Waals surface area (Å²) in [7, 11) is 2.13. The minimum atomic E-state index is -0.881. The van der Waals surface area contributed by atoms with Gasteiger partial charge in [0.15, 0.2) is 0 Å². The highest BCUT2D eigenvalue weighted by Crippen LogP contribution is 2.17. The van der Waals surface area contributed by atoms with E-state index in [9.17, 15) is 4.79 Å². The topological polar surface area (TPSA) is 58.8 Å². The van der Waals surface area contributed by atoms with E-state index in [4.69, 9.17) is 10.5 Å². The molecule has 0 aliphatic carbocycles. The Morgan fingerprint density at radius 3 is 2.50 bits per heavy atom. The summed E-state index contributed by atoms with van der Waals surface area (Å²) in [5.74, 6) is -0.297. The van der Waals surface area contributed by atoms with Gasteiger partial charge in [-0.05, 0) is 59.8 Å². The fraction of sp³-hybridized carbons (Fsp3) is 0.933. The third-order valence-corrected chi connectivity index (χ3v) is 4.35. The number of nitrogens with zero attached hydrogens (tertiary/aromatic N) is 2. The van der Waals surface area contributed by atoms with Crippen molar-refractivity contribution in [3.8, 4) is 0 Å². The molecule has 5 heteroatoms. The molecule has 1 fully saturated rings. The molecule has 1 aliphatic rings. The van der Waals surface area contributed by atoms with Crippen LogP contribution in [0.15, 0.2) is 0 Å². The highest BCUT2D eigenvalue weighted by Gasteiger charge is 2.31. The number of rotatable bonds is 7. The molecule has 1 unspecified atom stereocenters. The molecular weight excluding hydrogens is 254 g/mol. The van der Waals surface area contributed by atoms with Gasteiger partial charge in [0.25, 0.3) is 0 Å². The maximum absolute atomic E-state index is 11.8. The van der Waals surface area contributed by atoms with E-state index in [0.717, 1.165) is 13.1 Å². The molecule has 1 saturated heterocycles. The van der Waals surface area contributed by atoms with Crippen LogP contribution in [-0.4, -0.2) is 67.2 Å². The molecule has 0 radical (unpaired) electrons. The van der Waals surface area contributed by atoms with E-state index in [1.54, 1.807) is 6.92 Å². The number of likely N-dealkylation sites (tertiary alicyclic amines) is 1. The second-order valence-corrected chi connectivity index (χ2v) is 6.03. The van der Waals surface area contributed by atoms with Crippen molar-refractivity contribution in [3.05, 3.63) is 0 Å². The maximum Gasteiger partial charge on any atom is 0.325 e. The summed E-state index contributed by atoms with van der Waals surface area (Å²) in [5.41, 5.74) is 5.18. The Bertz CT molecular complexity index is 299. The molecule has 1 aliphatic heterocycles. The van der Waals surface area contributed by atoms with Gasteiger partial charge in [0.2, 0.25) is 0 Å². The maximum atomic E-state index is 11.8. The average Bonchev–Trinajstić information content (AvgIpc) is 2.45. The van der Waals surface area contributed by atoms with Crippen molar-refractivity contribution in [2.75, 3.05) is 39.8 Å². The van der Waals surface area contributed by atoms with Crippen molar-refractivity contribution < 1.29 is 9.53 Å². The molecular formula is C15H31N3O2. The van der Waals surface area contributed by atoms with Crippen LogP contribution < -0.4 is 5.73 Å². The Morgan fingerprint density at radius 1 is 1.40 bits per heavy atom. The van der Waals surface area contributed by atoms with Gasteiger partial charge in [-0.15, -0.1) is 0 Å². The molecule has 1 rings (SSSR count). The molecule has 0 spiro atoms. The van der Waals surface area contributed by atoms with E-state index in [-0.39, 0.29) is 5.97 Å². The quantitative estimate of drug-likeness (QED) is 0.709. The fourth-order valence-electron chi connectivity index (χ4n) is 2.67. The van der Waals surface area contributed by atoms with Crippen LogP contribution in [0.3, 0.4) is 0 Å². The molecule has 1 heterocycles. The lowest BCUT2D eigenvalue weighted by atomic mass is 9.97. The van der Waals surface area contributed by atoms with Crippen molar-refractivity contribution in [3.63, 3.8) is 0 Å². The van der Waals surface area contributed by atoms with Gasteiger partial charge in [-0.2, -0.15) is 0 Å². The molecule has 5 nitrogen and oxygen atoms in total. The zero-order chi connectivity index (χ0) is 15.2. The lowest BCUT2D eigenvalue weighted by molar-refractivity contribution is -0.149. The van der Waals surface area contributed by atoms with Crippen molar-refractivity contribution in [1.82, 2.24) is 9.80 Å². The van der Waals surface area contributed by atoms with Crippen LogP contribution in [-0.2, 0) is 9.53 Å². The molecule has 118 valence electrons. The lowest BCUT2D eigenvalue weighted by Crippen LogP contribution is -2.50. The summed E-state index contributed by atoms with van der Waals surface area (Å²) in [6.07, 6.45) is 3.03. The lowest BCUT2D eigenvalue weighted by Gasteiger charge is -2.37. The van der Waals surface area contributed by atoms with Crippen molar-refractivity contribution in [2.45, 2.75) is 51.6 Å². The van der Waals surface area contributed by atoms with E-state index < -0.39 is 5.54 Å². The molecule has 2 N–H and O–H groups in total. The Morgan fingerprint density at radius 2 is 2.00 bits per heavy atom. The number of ether oxygens (including phenoxy) is 1. The number of hydrogen-bond donors (Lipinski definition) is 1. The van der Waals surface area contributed by atoms with Gasteiger partial charge < -0.3 is 20.3 Å². The van der Waals surface area contributed by atoms with Crippen molar-refractivity contribution >= 4 is 5.97 Å². The third-order valence-electron chi connectivity index (χ3n) is 4.35. The van der Waals surface area contributed by atoms with Crippen molar-refractivity contribution in [2.24, 2.45) is 5.73 Å². The van der Waals surface area contributed by atoms with Crippen LogP contribution in [0, 0.1) is 0 Å². The van der Waals surface area contributed by atoms with Crippen LogP contribution in [0.1, 0.15) is 40.0 Å². The first kappa shape index (κ1) is 17.4. The Labute approximate surface area is 123 Å². The monoisotopic (exact) mass is 285 g/mol. The van der Waals surface area contributed by atoms with Crippen LogP contribution in [0.2, 0.25) is 0 Å². The van der Waals surface area contributed by atoms with E-state index in [2.05, 4.69) is 23.8 Å². The van der Waals surface area contributed by atoms with Gasteiger partial charge >= 0.3 is 5.97 Å². The average molecular weight is 285 g/mol. The Kier molecular flexibility index (Phi) is 6.92. The second kappa shape index (κ2) is 7.96. The zero-order valence-electron chi connectivity index (χ0n) is 13.5. The summed E-state index contributed by atoms with van der Waals surface area (Å²) in [5, 5.41) is 0. The fourth-order valence-corrected chi connectivity index (χ4v) is 2.67. The smallest absolute Gasteiger partial charge is 0.325 e. The molecule has 0 bridgehead atoms. The minimum absolute atomic E-state index is 0.297. The van der Waals surface area contributed by atoms with Crippen LogP contribution in [0.4, 0.5) is 0 Å². The SMILES string of the molecule is CCOC(=O)C(C)(N)CCN(C)C1CCN(CC)CC1. The van der Waals surface area contributed by atoms with Crippen molar-refractivity contribution in [1.29, 1.82) is 0 Å². The predicted octanol–water partition coefficient (Wildman–Crippen LogP) is 1.07. The molecule has 1 atom stereocenters. The van der Waals surface area contributed by atoms with E-state index in [0.29, 0.717) is 19.1 Å². The highest BCUT2D eigenvalue weighted by atomic mass is 16.5. The number of carbonyl (C=O) groups excluding carboxylic acids is 1. The van der Waals surface area contributed by atoms with Crippen LogP contribution in [0.25, 0.3) is 0 Å². The number of hydrogen-bond acceptors (Lipinski definition) is 5. The van der Waals surface area contributed by atoms with Gasteiger partial charge in [-0.3, -0.25) is 4.79 Å². The third kappa shape index (κ3) is 5.04. The highest BCUT2D eigenvalue weighted by molar-refractivity contribution is 5.79. The van der Waals surface area contributed by atoms with Gasteiger partial charge in [0.05, 0.1) is 6.61 Å². The molecule has 0 aromatic rings. The standard InChI is InChI=1S/C15H31N3O2/c1-5-18-10-7-13(8-11-18)17(4)12-9-15(3,16)14(19)20-6-2/h13H,5-12,16H2,1-4H3. The molecule has 20 heavy (non-hydrogen) atoms. The summed E-state index contributed by atoms with van der Waals surface area (Å²) in [6, 6.07) is 0.607. The predicted molar refractivity (Wildman–Crippen MR) is 81.6 cm³/mol. The minimum Gasteiger partial charge on any atom is -0.465 e. The molecule has 0 saturated carbocycles. The van der Waals surface area contributed by atoms with Gasteiger partial charge in [-0.25, -0.2) is 0 Å². The van der Waals surface area contributed by atoms with Gasteiger partial charge in [0.1, 0.15) is 5.54 Å². The second-order valence-electron chi connectivity index (χ2n) is 6.03. The molecule has 0 aromatic carbocycles. The summed E-state index contributed by atoms with van der Waals surface area (Å²) >= 11 is 0. The van der Waals surface area contributed by atoms with E-state index >= 15 is 0 Å². The largest absolute Gasteiger partial charge is 0.465 e. The Hall–Kier alpha value is -0.650. The van der Waals surface area contributed by atoms with Crippen LogP contribution in [0.5, 0.6) is 0 Å². The summed E-state index contributed by atoms with van der Waals surface area (Å²) in [4.78, 5) is 16.6. The van der Waals surface area contributed by atoms with E-state index in [1.807, 2.05) is 6.92 Å². The Balaban J connectivity index is 2.35. The zero-order valence-corrected chi connectivity index (χ0v) is 13.5. The van der Waals surface area contributed by atoms with Gasteiger partial charge in [0, 0.05) is 12.6 Å².